The number of fused-ring (bicyclic) bond motifs is 1. The van der Waals surface area contributed by atoms with Crippen LogP contribution in [0.3, 0.4) is 0 Å². The summed E-state index contributed by atoms with van der Waals surface area (Å²) in [5.41, 5.74) is 2.52. The fourth-order valence-corrected chi connectivity index (χ4v) is 3.11. The molecule has 4 rings (SSSR count). The molecule has 0 atom stereocenters. The van der Waals surface area contributed by atoms with Crippen LogP contribution in [-0.4, -0.2) is 0 Å². The van der Waals surface area contributed by atoms with Crippen LogP contribution in [0.4, 0.5) is 4.39 Å². The highest BCUT2D eigenvalue weighted by molar-refractivity contribution is 5.83. The van der Waals surface area contributed by atoms with Crippen LogP contribution in [0.5, 0.6) is 5.75 Å². The van der Waals surface area contributed by atoms with Crippen LogP contribution in [0.15, 0.2) is 82.0 Å². The van der Waals surface area contributed by atoms with Gasteiger partial charge in [-0.2, -0.15) is 0 Å². The van der Waals surface area contributed by atoms with Crippen molar-refractivity contribution < 1.29 is 13.5 Å². The average molecular weight is 360 g/mol. The highest BCUT2D eigenvalue weighted by atomic mass is 19.1. The minimum atomic E-state index is -0.301. The van der Waals surface area contributed by atoms with Crippen molar-refractivity contribution in [3.63, 3.8) is 0 Å². The Balaban J connectivity index is 1.68. The van der Waals surface area contributed by atoms with Crippen LogP contribution in [0, 0.1) is 12.7 Å². The summed E-state index contributed by atoms with van der Waals surface area (Å²) in [6.07, 6.45) is 0. The molecular weight excluding hydrogens is 343 g/mol. The van der Waals surface area contributed by atoms with Crippen LogP contribution >= 0.6 is 0 Å². The summed E-state index contributed by atoms with van der Waals surface area (Å²) in [6, 6.07) is 20.8. The Morgan fingerprint density at radius 1 is 0.963 bits per heavy atom. The van der Waals surface area contributed by atoms with Gasteiger partial charge in [0.1, 0.15) is 29.5 Å². The highest BCUT2D eigenvalue weighted by Crippen LogP contribution is 2.26. The number of benzene rings is 3. The third-order valence-corrected chi connectivity index (χ3v) is 4.40. The van der Waals surface area contributed by atoms with Gasteiger partial charge in [0.2, 0.25) is 5.43 Å². The van der Waals surface area contributed by atoms with E-state index in [2.05, 4.69) is 0 Å². The minimum absolute atomic E-state index is 0.0726. The van der Waals surface area contributed by atoms with Crippen molar-refractivity contribution in [3.05, 3.63) is 100 Å². The van der Waals surface area contributed by atoms with Crippen molar-refractivity contribution >= 4 is 11.0 Å². The van der Waals surface area contributed by atoms with Crippen LogP contribution in [-0.2, 0) is 6.61 Å². The maximum Gasteiger partial charge on any atom is 0.200 e. The predicted octanol–water partition coefficient (Wildman–Crippen LogP) is 5.49. The molecule has 0 saturated carbocycles. The summed E-state index contributed by atoms with van der Waals surface area (Å²) in [5, 5.41) is 0.498. The lowest BCUT2D eigenvalue weighted by Gasteiger charge is -2.10. The van der Waals surface area contributed by atoms with Crippen molar-refractivity contribution in [2.45, 2.75) is 13.5 Å². The van der Waals surface area contributed by atoms with Crippen LogP contribution in [0.2, 0.25) is 0 Å². The molecule has 0 spiro atoms. The second kappa shape index (κ2) is 7.08. The Hall–Kier alpha value is -3.40. The number of hydrogen-bond acceptors (Lipinski definition) is 3. The maximum absolute atomic E-state index is 13.3. The van der Waals surface area contributed by atoms with E-state index in [1.807, 2.05) is 30.3 Å². The summed E-state index contributed by atoms with van der Waals surface area (Å²) in [4.78, 5) is 12.9. The molecule has 0 N–H and O–H groups in total. The van der Waals surface area contributed by atoms with Crippen molar-refractivity contribution in [1.82, 2.24) is 0 Å². The molecule has 27 heavy (non-hydrogen) atoms. The van der Waals surface area contributed by atoms with E-state index in [1.165, 1.54) is 12.1 Å². The topological polar surface area (TPSA) is 39.4 Å². The first kappa shape index (κ1) is 17.0. The molecule has 4 heteroatoms. The van der Waals surface area contributed by atoms with Gasteiger partial charge in [-0.25, -0.2) is 4.39 Å². The van der Waals surface area contributed by atoms with Gasteiger partial charge in [-0.05, 0) is 42.3 Å². The van der Waals surface area contributed by atoms with E-state index in [0.29, 0.717) is 28.0 Å². The SMILES string of the molecule is Cc1oc2cc(OCc3cccc(F)c3)ccc2c(=O)c1-c1ccccc1. The van der Waals surface area contributed by atoms with Gasteiger partial charge >= 0.3 is 0 Å². The van der Waals surface area contributed by atoms with Crippen molar-refractivity contribution in [2.24, 2.45) is 0 Å². The quantitative estimate of drug-likeness (QED) is 0.483. The number of hydrogen-bond donors (Lipinski definition) is 0. The van der Waals surface area contributed by atoms with E-state index in [-0.39, 0.29) is 17.9 Å². The fourth-order valence-electron chi connectivity index (χ4n) is 3.11. The Kier molecular flexibility index (Phi) is 4.47. The smallest absolute Gasteiger partial charge is 0.200 e. The maximum atomic E-state index is 13.3. The normalized spacial score (nSPS) is 10.9. The van der Waals surface area contributed by atoms with E-state index >= 15 is 0 Å². The minimum Gasteiger partial charge on any atom is -0.489 e. The second-order valence-corrected chi connectivity index (χ2v) is 6.30. The lowest BCUT2D eigenvalue weighted by atomic mass is 10.0. The predicted molar refractivity (Wildman–Crippen MR) is 103 cm³/mol. The van der Waals surface area contributed by atoms with E-state index in [0.717, 1.165) is 11.1 Å². The number of halogens is 1. The molecule has 0 aliphatic rings. The molecule has 4 aromatic rings. The summed E-state index contributed by atoms with van der Waals surface area (Å²) < 4.78 is 24.9. The summed E-state index contributed by atoms with van der Waals surface area (Å²) in [5.74, 6) is 0.812. The zero-order valence-corrected chi connectivity index (χ0v) is 14.7. The monoisotopic (exact) mass is 360 g/mol. The van der Waals surface area contributed by atoms with Gasteiger partial charge in [-0.3, -0.25) is 4.79 Å². The molecule has 0 bridgehead atoms. The van der Waals surface area contributed by atoms with Gasteiger partial charge in [0.15, 0.2) is 0 Å². The Morgan fingerprint density at radius 3 is 2.56 bits per heavy atom. The van der Waals surface area contributed by atoms with Crippen LogP contribution < -0.4 is 10.2 Å². The Bertz CT molecular complexity index is 1160. The third kappa shape index (κ3) is 3.47. The average Bonchev–Trinajstić information content (AvgIpc) is 2.67. The molecule has 0 aliphatic heterocycles. The molecule has 3 nitrogen and oxygen atoms in total. The molecule has 0 fully saturated rings. The van der Waals surface area contributed by atoms with Gasteiger partial charge in [0.25, 0.3) is 0 Å². The standard InChI is InChI=1S/C23H17FO3/c1-15-22(17-7-3-2-4-8-17)23(25)20-11-10-19(13-21(20)27-15)26-14-16-6-5-9-18(24)12-16/h2-13H,14H2,1H3. The first-order valence-corrected chi connectivity index (χ1v) is 8.62. The van der Waals surface area contributed by atoms with Crippen molar-refractivity contribution in [1.29, 1.82) is 0 Å². The third-order valence-electron chi connectivity index (χ3n) is 4.40. The largest absolute Gasteiger partial charge is 0.489 e. The van der Waals surface area contributed by atoms with Gasteiger partial charge < -0.3 is 9.15 Å². The van der Waals surface area contributed by atoms with E-state index in [9.17, 15) is 9.18 Å². The zero-order valence-electron chi connectivity index (χ0n) is 14.7. The number of ether oxygens (including phenoxy) is 1. The molecule has 0 aliphatic carbocycles. The van der Waals surface area contributed by atoms with E-state index < -0.39 is 0 Å². The molecule has 1 heterocycles. The van der Waals surface area contributed by atoms with Gasteiger partial charge in [-0.1, -0.05) is 42.5 Å². The van der Waals surface area contributed by atoms with E-state index in [4.69, 9.17) is 9.15 Å². The molecule has 134 valence electrons. The number of rotatable bonds is 4. The first-order chi connectivity index (χ1) is 13.1. The van der Waals surface area contributed by atoms with E-state index in [1.54, 1.807) is 37.3 Å². The molecule has 1 aromatic heterocycles. The summed E-state index contributed by atoms with van der Waals surface area (Å²) in [7, 11) is 0. The fraction of sp³-hybridized carbons (Fsp3) is 0.0870. The molecule has 0 amide bonds. The van der Waals surface area contributed by atoms with Crippen molar-refractivity contribution in [2.75, 3.05) is 0 Å². The van der Waals surface area contributed by atoms with Gasteiger partial charge in [0, 0.05) is 6.07 Å². The lowest BCUT2D eigenvalue weighted by Crippen LogP contribution is -2.07. The summed E-state index contributed by atoms with van der Waals surface area (Å²) in [6.45, 7) is 2.01. The first-order valence-electron chi connectivity index (χ1n) is 8.62. The summed E-state index contributed by atoms with van der Waals surface area (Å²) >= 11 is 0. The lowest BCUT2D eigenvalue weighted by molar-refractivity contribution is 0.305. The van der Waals surface area contributed by atoms with Crippen LogP contribution in [0.25, 0.3) is 22.1 Å². The Labute approximate surface area is 155 Å². The van der Waals surface area contributed by atoms with Gasteiger partial charge in [0.05, 0.1) is 10.9 Å². The molecule has 0 saturated heterocycles. The molecule has 0 radical (unpaired) electrons. The molecule has 0 unspecified atom stereocenters. The number of aryl methyl sites for hydroxylation is 1. The van der Waals surface area contributed by atoms with Gasteiger partial charge in [-0.15, -0.1) is 0 Å². The second-order valence-electron chi connectivity index (χ2n) is 6.30. The highest BCUT2D eigenvalue weighted by Gasteiger charge is 2.14. The molecular formula is C23H17FO3. The molecule has 3 aromatic carbocycles. The zero-order chi connectivity index (χ0) is 18.8. The Morgan fingerprint density at radius 2 is 1.78 bits per heavy atom. The van der Waals surface area contributed by atoms with Crippen molar-refractivity contribution in [3.8, 4) is 16.9 Å². The van der Waals surface area contributed by atoms with Crippen LogP contribution in [0.1, 0.15) is 11.3 Å².